The van der Waals surface area contributed by atoms with E-state index in [9.17, 15) is 0 Å². The Labute approximate surface area is 190 Å². The average Bonchev–Trinajstić information content (AvgIpc) is 3.17. The largest absolute Gasteiger partial charge is 0.373 e. The molecule has 3 fully saturated rings. The Morgan fingerprint density at radius 3 is 2.82 bits per heavy atom. The monoisotopic (exact) mass is 519 g/mol. The zero-order valence-corrected chi connectivity index (χ0v) is 19.6. The SMILES string of the molecule is CN=C(NCC1CN2CCCC2CO1)N1CCN(c2cccc(Cl)c2)CC1.I. The molecule has 3 heterocycles. The highest BCUT2D eigenvalue weighted by atomic mass is 127. The molecule has 0 spiro atoms. The molecular formula is C20H31ClIN5O. The topological polar surface area (TPSA) is 43.3 Å². The molecule has 0 saturated carbocycles. The molecule has 0 radical (unpaired) electrons. The van der Waals surface area contributed by atoms with Crippen molar-refractivity contribution < 1.29 is 4.74 Å². The first-order valence-corrected chi connectivity index (χ1v) is 10.4. The van der Waals surface area contributed by atoms with Gasteiger partial charge in [0.15, 0.2) is 5.96 Å². The maximum Gasteiger partial charge on any atom is 0.193 e. The number of nitrogens with zero attached hydrogens (tertiary/aromatic N) is 4. The van der Waals surface area contributed by atoms with E-state index in [1.54, 1.807) is 0 Å². The van der Waals surface area contributed by atoms with Gasteiger partial charge in [-0.05, 0) is 37.6 Å². The van der Waals surface area contributed by atoms with Crippen molar-refractivity contribution >= 4 is 47.2 Å². The molecule has 156 valence electrons. The third-order valence-electron chi connectivity index (χ3n) is 5.91. The molecule has 8 heteroatoms. The van der Waals surface area contributed by atoms with Crippen molar-refractivity contribution in [1.29, 1.82) is 0 Å². The van der Waals surface area contributed by atoms with E-state index < -0.39 is 0 Å². The normalized spacial score (nSPS) is 26.0. The molecule has 0 amide bonds. The van der Waals surface area contributed by atoms with E-state index in [0.29, 0.717) is 6.04 Å². The summed E-state index contributed by atoms with van der Waals surface area (Å²) in [6.45, 7) is 7.81. The number of hydrogen-bond donors (Lipinski definition) is 1. The Bertz CT molecular complexity index is 668. The lowest BCUT2D eigenvalue weighted by Crippen LogP contribution is -2.55. The summed E-state index contributed by atoms with van der Waals surface area (Å²) >= 11 is 6.13. The van der Waals surface area contributed by atoms with Crippen LogP contribution in [-0.4, -0.2) is 87.4 Å². The summed E-state index contributed by atoms with van der Waals surface area (Å²) < 4.78 is 6.06. The van der Waals surface area contributed by atoms with E-state index in [2.05, 4.69) is 31.1 Å². The van der Waals surface area contributed by atoms with Gasteiger partial charge in [-0.15, -0.1) is 24.0 Å². The number of fused-ring (bicyclic) bond motifs is 1. The summed E-state index contributed by atoms with van der Waals surface area (Å²) in [7, 11) is 1.86. The van der Waals surface area contributed by atoms with Crippen LogP contribution in [0.2, 0.25) is 5.02 Å². The lowest BCUT2D eigenvalue weighted by atomic mass is 10.2. The van der Waals surface area contributed by atoms with Crippen LogP contribution in [0.1, 0.15) is 12.8 Å². The van der Waals surface area contributed by atoms with E-state index in [-0.39, 0.29) is 30.1 Å². The van der Waals surface area contributed by atoms with Crippen molar-refractivity contribution in [1.82, 2.24) is 15.1 Å². The third-order valence-corrected chi connectivity index (χ3v) is 6.15. The van der Waals surface area contributed by atoms with Gasteiger partial charge in [0.1, 0.15) is 0 Å². The molecule has 0 aliphatic carbocycles. The van der Waals surface area contributed by atoms with Crippen LogP contribution in [0.25, 0.3) is 0 Å². The number of guanidine groups is 1. The Morgan fingerprint density at radius 2 is 2.07 bits per heavy atom. The number of piperazine rings is 1. The fourth-order valence-electron chi connectivity index (χ4n) is 4.40. The molecule has 0 bridgehead atoms. The van der Waals surface area contributed by atoms with Crippen LogP contribution in [0, 0.1) is 0 Å². The smallest absolute Gasteiger partial charge is 0.193 e. The number of aliphatic imine (C=N–C) groups is 1. The Morgan fingerprint density at radius 1 is 1.25 bits per heavy atom. The van der Waals surface area contributed by atoms with Crippen LogP contribution >= 0.6 is 35.6 Å². The van der Waals surface area contributed by atoms with Gasteiger partial charge >= 0.3 is 0 Å². The van der Waals surface area contributed by atoms with Crippen molar-refractivity contribution in [2.45, 2.75) is 25.0 Å². The predicted octanol–water partition coefficient (Wildman–Crippen LogP) is 2.52. The van der Waals surface area contributed by atoms with Gasteiger partial charge in [-0.2, -0.15) is 0 Å². The number of halogens is 2. The summed E-state index contributed by atoms with van der Waals surface area (Å²) in [4.78, 5) is 11.8. The Kier molecular flexibility index (Phi) is 8.08. The van der Waals surface area contributed by atoms with Crippen molar-refractivity contribution in [2.24, 2.45) is 4.99 Å². The molecule has 1 N–H and O–H groups in total. The maximum absolute atomic E-state index is 6.13. The standard InChI is InChI=1S/C20H30ClN5O.HI/c1-22-20(23-13-19-14-26-7-3-6-18(26)15-27-19)25-10-8-24(9-11-25)17-5-2-4-16(21)12-17;/h2,4-5,12,18-19H,3,6-11,13-15H2,1H3,(H,22,23);1H. The zero-order valence-electron chi connectivity index (χ0n) is 16.5. The lowest BCUT2D eigenvalue weighted by Gasteiger charge is -2.39. The first-order chi connectivity index (χ1) is 13.2. The molecule has 2 unspecified atom stereocenters. The van der Waals surface area contributed by atoms with Crippen LogP contribution in [-0.2, 0) is 4.74 Å². The Balaban J connectivity index is 0.00000225. The highest BCUT2D eigenvalue weighted by Gasteiger charge is 2.32. The van der Waals surface area contributed by atoms with Crippen LogP contribution < -0.4 is 10.2 Å². The van der Waals surface area contributed by atoms with Crippen LogP contribution in [0.3, 0.4) is 0 Å². The minimum atomic E-state index is 0. The number of rotatable bonds is 3. The van der Waals surface area contributed by atoms with Gasteiger partial charge in [0, 0.05) is 63.1 Å². The van der Waals surface area contributed by atoms with Gasteiger partial charge in [0.2, 0.25) is 0 Å². The van der Waals surface area contributed by atoms with Gasteiger partial charge in [-0.25, -0.2) is 0 Å². The zero-order chi connectivity index (χ0) is 18.6. The molecule has 4 rings (SSSR count). The third kappa shape index (κ3) is 5.23. The fourth-order valence-corrected chi connectivity index (χ4v) is 4.58. The first-order valence-electron chi connectivity index (χ1n) is 10.0. The molecule has 1 aromatic carbocycles. The van der Waals surface area contributed by atoms with Gasteiger partial charge in [0.25, 0.3) is 0 Å². The number of ether oxygens (including phenoxy) is 1. The first kappa shape index (κ1) is 21.9. The number of benzene rings is 1. The number of nitrogens with one attached hydrogen (secondary N) is 1. The summed E-state index contributed by atoms with van der Waals surface area (Å²) in [6, 6.07) is 8.75. The van der Waals surface area contributed by atoms with Crippen molar-refractivity contribution in [3.63, 3.8) is 0 Å². The van der Waals surface area contributed by atoms with E-state index >= 15 is 0 Å². The quantitative estimate of drug-likeness (QED) is 0.378. The van der Waals surface area contributed by atoms with Crippen LogP contribution in [0.15, 0.2) is 29.3 Å². The predicted molar refractivity (Wildman–Crippen MR) is 126 cm³/mol. The summed E-state index contributed by atoms with van der Waals surface area (Å²) in [6.07, 6.45) is 2.86. The molecule has 1 aromatic rings. The molecule has 6 nitrogen and oxygen atoms in total. The number of hydrogen-bond acceptors (Lipinski definition) is 4. The molecular weight excluding hydrogens is 489 g/mol. The van der Waals surface area contributed by atoms with Crippen molar-refractivity contribution in [3.05, 3.63) is 29.3 Å². The van der Waals surface area contributed by atoms with Gasteiger partial charge in [0.05, 0.1) is 12.7 Å². The van der Waals surface area contributed by atoms with Gasteiger partial charge in [-0.1, -0.05) is 17.7 Å². The highest BCUT2D eigenvalue weighted by Crippen LogP contribution is 2.23. The van der Waals surface area contributed by atoms with E-state index in [1.165, 1.54) is 25.1 Å². The molecule has 3 aliphatic rings. The fraction of sp³-hybridized carbons (Fsp3) is 0.650. The second kappa shape index (κ2) is 10.3. The van der Waals surface area contributed by atoms with Crippen LogP contribution in [0.4, 0.5) is 5.69 Å². The van der Waals surface area contributed by atoms with Gasteiger partial charge < -0.3 is 19.9 Å². The second-order valence-electron chi connectivity index (χ2n) is 7.63. The lowest BCUT2D eigenvalue weighted by molar-refractivity contribution is -0.0454. The maximum atomic E-state index is 6.13. The number of anilines is 1. The minimum absolute atomic E-state index is 0. The summed E-state index contributed by atoms with van der Waals surface area (Å²) in [5, 5.41) is 4.33. The molecule has 3 saturated heterocycles. The summed E-state index contributed by atoms with van der Waals surface area (Å²) in [5.74, 6) is 0.980. The molecule has 2 atom stereocenters. The van der Waals surface area contributed by atoms with E-state index in [0.717, 1.165) is 56.9 Å². The van der Waals surface area contributed by atoms with Crippen molar-refractivity contribution in [2.75, 3.05) is 64.4 Å². The highest BCUT2D eigenvalue weighted by molar-refractivity contribution is 14.0. The minimum Gasteiger partial charge on any atom is -0.373 e. The molecule has 3 aliphatic heterocycles. The number of morpholine rings is 1. The molecule has 28 heavy (non-hydrogen) atoms. The van der Waals surface area contributed by atoms with Gasteiger partial charge in [-0.3, -0.25) is 9.89 Å². The van der Waals surface area contributed by atoms with E-state index in [4.69, 9.17) is 16.3 Å². The second-order valence-corrected chi connectivity index (χ2v) is 8.06. The Hall–Kier alpha value is -0.770. The average molecular weight is 520 g/mol. The van der Waals surface area contributed by atoms with E-state index in [1.807, 2.05) is 25.2 Å². The molecule has 0 aromatic heterocycles. The van der Waals surface area contributed by atoms with Crippen molar-refractivity contribution in [3.8, 4) is 0 Å². The summed E-state index contributed by atoms with van der Waals surface area (Å²) in [5.41, 5.74) is 1.20. The van der Waals surface area contributed by atoms with Crippen LogP contribution in [0.5, 0.6) is 0 Å².